The molecule has 5 heteroatoms. The lowest BCUT2D eigenvalue weighted by molar-refractivity contribution is 0.637. The van der Waals surface area contributed by atoms with Crippen LogP contribution in [-0.4, -0.2) is 33.9 Å². The SMILES string of the molecule is c1cnn(-c2ccc(NC3CCCNCC3)cn2)c1. The second kappa shape index (κ2) is 5.84. The van der Waals surface area contributed by atoms with Crippen LogP contribution in [0.15, 0.2) is 36.8 Å². The summed E-state index contributed by atoms with van der Waals surface area (Å²) in [5.41, 5.74) is 1.09. The van der Waals surface area contributed by atoms with Gasteiger partial charge >= 0.3 is 0 Å². The van der Waals surface area contributed by atoms with Crippen LogP contribution in [0.1, 0.15) is 19.3 Å². The molecule has 5 nitrogen and oxygen atoms in total. The van der Waals surface area contributed by atoms with Crippen molar-refractivity contribution in [3.8, 4) is 5.82 Å². The number of nitrogens with one attached hydrogen (secondary N) is 2. The Morgan fingerprint density at radius 3 is 3.05 bits per heavy atom. The molecular formula is C14H19N5. The molecule has 0 saturated carbocycles. The third-order valence-electron chi connectivity index (χ3n) is 3.43. The molecular weight excluding hydrogens is 238 g/mol. The van der Waals surface area contributed by atoms with Gasteiger partial charge in [-0.05, 0) is 50.6 Å². The molecule has 0 bridgehead atoms. The van der Waals surface area contributed by atoms with Gasteiger partial charge in [-0.2, -0.15) is 5.10 Å². The van der Waals surface area contributed by atoms with E-state index in [1.54, 1.807) is 10.9 Å². The number of nitrogens with zero attached hydrogens (tertiary/aromatic N) is 3. The lowest BCUT2D eigenvalue weighted by atomic mass is 10.1. The third kappa shape index (κ3) is 3.12. The highest BCUT2D eigenvalue weighted by molar-refractivity contribution is 5.44. The summed E-state index contributed by atoms with van der Waals surface area (Å²) in [6, 6.07) is 6.51. The highest BCUT2D eigenvalue weighted by Gasteiger charge is 2.11. The van der Waals surface area contributed by atoms with Gasteiger partial charge in [-0.15, -0.1) is 0 Å². The van der Waals surface area contributed by atoms with Crippen molar-refractivity contribution in [1.29, 1.82) is 0 Å². The van der Waals surface area contributed by atoms with E-state index in [1.807, 2.05) is 24.5 Å². The Balaban J connectivity index is 1.65. The molecule has 2 aromatic rings. The van der Waals surface area contributed by atoms with E-state index in [1.165, 1.54) is 19.3 Å². The van der Waals surface area contributed by atoms with Crippen LogP contribution in [0.25, 0.3) is 5.82 Å². The van der Waals surface area contributed by atoms with Gasteiger partial charge in [0.15, 0.2) is 5.82 Å². The average molecular weight is 257 g/mol. The van der Waals surface area contributed by atoms with E-state index in [0.717, 1.165) is 24.6 Å². The molecule has 0 spiro atoms. The molecule has 1 unspecified atom stereocenters. The van der Waals surface area contributed by atoms with Crippen LogP contribution in [-0.2, 0) is 0 Å². The van der Waals surface area contributed by atoms with Crippen molar-refractivity contribution >= 4 is 5.69 Å². The van der Waals surface area contributed by atoms with Crippen molar-refractivity contribution < 1.29 is 0 Å². The Bertz CT molecular complexity index is 483. The van der Waals surface area contributed by atoms with Crippen molar-refractivity contribution in [2.24, 2.45) is 0 Å². The van der Waals surface area contributed by atoms with E-state index in [0.29, 0.717) is 6.04 Å². The van der Waals surface area contributed by atoms with E-state index in [4.69, 9.17) is 0 Å². The van der Waals surface area contributed by atoms with Gasteiger partial charge in [0.25, 0.3) is 0 Å². The monoisotopic (exact) mass is 257 g/mol. The van der Waals surface area contributed by atoms with Gasteiger partial charge in [-0.1, -0.05) is 0 Å². The zero-order valence-corrected chi connectivity index (χ0v) is 10.9. The van der Waals surface area contributed by atoms with Crippen molar-refractivity contribution in [1.82, 2.24) is 20.1 Å². The maximum atomic E-state index is 4.43. The lowest BCUT2D eigenvalue weighted by Crippen LogP contribution is -2.21. The zero-order chi connectivity index (χ0) is 12.9. The first-order valence-corrected chi connectivity index (χ1v) is 6.85. The van der Waals surface area contributed by atoms with Crippen LogP contribution in [0, 0.1) is 0 Å². The van der Waals surface area contributed by atoms with Gasteiger partial charge in [-0.3, -0.25) is 0 Å². The minimum absolute atomic E-state index is 0.548. The molecule has 1 saturated heterocycles. The summed E-state index contributed by atoms with van der Waals surface area (Å²) in [5.74, 6) is 0.845. The second-order valence-electron chi connectivity index (χ2n) is 4.88. The minimum Gasteiger partial charge on any atom is -0.381 e. The molecule has 0 radical (unpaired) electrons. The maximum absolute atomic E-state index is 4.43. The number of rotatable bonds is 3. The van der Waals surface area contributed by atoms with E-state index >= 15 is 0 Å². The largest absolute Gasteiger partial charge is 0.381 e. The molecule has 2 aromatic heterocycles. The molecule has 100 valence electrons. The molecule has 0 aromatic carbocycles. The summed E-state index contributed by atoms with van der Waals surface area (Å²) in [4.78, 5) is 4.43. The molecule has 1 fully saturated rings. The summed E-state index contributed by atoms with van der Waals surface area (Å²) in [6.45, 7) is 2.23. The topological polar surface area (TPSA) is 54.8 Å². The molecule has 3 rings (SSSR count). The lowest BCUT2D eigenvalue weighted by Gasteiger charge is -2.17. The Morgan fingerprint density at radius 2 is 2.26 bits per heavy atom. The van der Waals surface area contributed by atoms with E-state index < -0.39 is 0 Å². The second-order valence-corrected chi connectivity index (χ2v) is 4.88. The normalized spacial score (nSPS) is 19.9. The first-order chi connectivity index (χ1) is 9.42. The van der Waals surface area contributed by atoms with Gasteiger partial charge in [-0.25, -0.2) is 9.67 Å². The van der Waals surface area contributed by atoms with Crippen LogP contribution < -0.4 is 10.6 Å². The predicted octanol–water partition coefficient (Wildman–Crippen LogP) is 1.82. The maximum Gasteiger partial charge on any atom is 0.153 e. The molecule has 1 atom stereocenters. The van der Waals surface area contributed by atoms with Crippen LogP contribution >= 0.6 is 0 Å². The van der Waals surface area contributed by atoms with Gasteiger partial charge in [0, 0.05) is 18.4 Å². The first-order valence-electron chi connectivity index (χ1n) is 6.85. The molecule has 0 aliphatic carbocycles. The average Bonchev–Trinajstić information content (AvgIpc) is 2.86. The smallest absolute Gasteiger partial charge is 0.153 e. The third-order valence-corrected chi connectivity index (χ3v) is 3.43. The van der Waals surface area contributed by atoms with Gasteiger partial charge in [0.1, 0.15) is 0 Å². The number of pyridine rings is 1. The van der Waals surface area contributed by atoms with Crippen molar-refractivity contribution in [3.05, 3.63) is 36.8 Å². The number of hydrogen-bond acceptors (Lipinski definition) is 4. The van der Waals surface area contributed by atoms with E-state index in [9.17, 15) is 0 Å². The highest BCUT2D eigenvalue weighted by atomic mass is 15.3. The standard InChI is InChI=1S/C14H19N5/c1-3-12(6-9-15-7-1)18-13-4-5-14(16-11-13)19-10-2-8-17-19/h2,4-5,8,10-12,15,18H,1,3,6-7,9H2. The molecule has 0 amide bonds. The summed E-state index contributed by atoms with van der Waals surface area (Å²) in [6.07, 6.45) is 9.15. The number of hydrogen-bond donors (Lipinski definition) is 2. The predicted molar refractivity (Wildman–Crippen MR) is 75.5 cm³/mol. The van der Waals surface area contributed by atoms with Crippen LogP contribution in [0.2, 0.25) is 0 Å². The van der Waals surface area contributed by atoms with E-state index in [2.05, 4.69) is 26.8 Å². The summed E-state index contributed by atoms with van der Waals surface area (Å²) < 4.78 is 1.76. The van der Waals surface area contributed by atoms with Crippen LogP contribution in [0.5, 0.6) is 0 Å². The fourth-order valence-corrected chi connectivity index (χ4v) is 2.41. The van der Waals surface area contributed by atoms with Crippen LogP contribution in [0.3, 0.4) is 0 Å². The zero-order valence-electron chi connectivity index (χ0n) is 10.9. The molecule has 2 N–H and O–H groups in total. The highest BCUT2D eigenvalue weighted by Crippen LogP contribution is 2.14. The van der Waals surface area contributed by atoms with Gasteiger partial charge < -0.3 is 10.6 Å². The van der Waals surface area contributed by atoms with Crippen molar-refractivity contribution in [2.75, 3.05) is 18.4 Å². The fraction of sp³-hybridized carbons (Fsp3) is 0.429. The van der Waals surface area contributed by atoms with Crippen molar-refractivity contribution in [3.63, 3.8) is 0 Å². The summed E-state index contributed by atoms with van der Waals surface area (Å²) in [7, 11) is 0. The Kier molecular flexibility index (Phi) is 3.74. The fourth-order valence-electron chi connectivity index (χ4n) is 2.41. The molecule has 19 heavy (non-hydrogen) atoms. The van der Waals surface area contributed by atoms with Gasteiger partial charge in [0.2, 0.25) is 0 Å². The molecule has 1 aliphatic heterocycles. The Morgan fingerprint density at radius 1 is 1.26 bits per heavy atom. The quantitative estimate of drug-likeness (QED) is 0.880. The number of aromatic nitrogens is 3. The van der Waals surface area contributed by atoms with Gasteiger partial charge in [0.05, 0.1) is 11.9 Å². The number of anilines is 1. The first kappa shape index (κ1) is 12.2. The Hall–Kier alpha value is -1.88. The Labute approximate surface area is 113 Å². The summed E-state index contributed by atoms with van der Waals surface area (Å²) >= 11 is 0. The molecule has 3 heterocycles. The molecule has 1 aliphatic rings. The van der Waals surface area contributed by atoms with Crippen molar-refractivity contribution in [2.45, 2.75) is 25.3 Å². The summed E-state index contributed by atoms with van der Waals surface area (Å²) in [5, 5.41) is 11.2. The van der Waals surface area contributed by atoms with E-state index in [-0.39, 0.29) is 0 Å². The van der Waals surface area contributed by atoms with Crippen LogP contribution in [0.4, 0.5) is 5.69 Å². The minimum atomic E-state index is 0.548.